The Bertz CT molecular complexity index is 471. The lowest BCUT2D eigenvalue weighted by atomic mass is 10.3. The molecule has 0 aromatic carbocycles. The normalized spacial score (nSPS) is 10.2. The van der Waals surface area contributed by atoms with E-state index in [9.17, 15) is 0 Å². The van der Waals surface area contributed by atoms with Crippen molar-refractivity contribution in [3.63, 3.8) is 0 Å². The van der Waals surface area contributed by atoms with Gasteiger partial charge in [0.05, 0.1) is 18.7 Å². The van der Waals surface area contributed by atoms with Crippen molar-refractivity contribution in [3.8, 4) is 5.88 Å². The van der Waals surface area contributed by atoms with E-state index in [0.29, 0.717) is 12.5 Å². The number of nitrogens with zero attached hydrogens (tertiary/aromatic N) is 2. The number of rotatable bonds is 5. The van der Waals surface area contributed by atoms with Crippen LogP contribution in [0.2, 0.25) is 0 Å². The molecular formula is C12H15N3OS. The molecule has 0 amide bonds. The van der Waals surface area contributed by atoms with Crippen LogP contribution in [-0.2, 0) is 6.54 Å². The highest BCUT2D eigenvalue weighted by atomic mass is 32.1. The smallest absolute Gasteiger partial charge is 0.221 e. The molecule has 0 fully saturated rings. The van der Waals surface area contributed by atoms with Gasteiger partial charge in [0.25, 0.3) is 0 Å². The Kier molecular flexibility index (Phi) is 3.93. The van der Waals surface area contributed by atoms with E-state index < -0.39 is 0 Å². The van der Waals surface area contributed by atoms with Crippen LogP contribution in [0.4, 0.5) is 5.82 Å². The van der Waals surface area contributed by atoms with Crippen molar-refractivity contribution in [3.05, 3.63) is 34.3 Å². The Labute approximate surface area is 105 Å². The maximum absolute atomic E-state index is 5.43. The van der Waals surface area contributed by atoms with E-state index in [2.05, 4.69) is 26.7 Å². The SMILES string of the molecule is CCOc1ncnc(NCc2cccs2)c1C. The van der Waals surface area contributed by atoms with Gasteiger partial charge in [-0.1, -0.05) is 6.07 Å². The molecule has 0 radical (unpaired) electrons. The van der Waals surface area contributed by atoms with Crippen LogP contribution >= 0.6 is 11.3 Å². The monoisotopic (exact) mass is 249 g/mol. The molecule has 0 bridgehead atoms. The van der Waals surface area contributed by atoms with Crippen molar-refractivity contribution in [2.45, 2.75) is 20.4 Å². The summed E-state index contributed by atoms with van der Waals surface area (Å²) >= 11 is 1.73. The van der Waals surface area contributed by atoms with Gasteiger partial charge in [0.2, 0.25) is 5.88 Å². The van der Waals surface area contributed by atoms with Crippen LogP contribution in [0.5, 0.6) is 5.88 Å². The summed E-state index contributed by atoms with van der Waals surface area (Å²) in [5.41, 5.74) is 0.950. The zero-order chi connectivity index (χ0) is 12.1. The Morgan fingerprint density at radius 2 is 2.29 bits per heavy atom. The molecule has 0 saturated carbocycles. The molecule has 0 atom stereocenters. The summed E-state index contributed by atoms with van der Waals surface area (Å²) in [6.07, 6.45) is 1.52. The molecule has 0 saturated heterocycles. The summed E-state index contributed by atoms with van der Waals surface area (Å²) < 4.78 is 5.43. The van der Waals surface area contributed by atoms with Gasteiger partial charge in [-0.15, -0.1) is 11.3 Å². The zero-order valence-corrected chi connectivity index (χ0v) is 10.8. The third kappa shape index (κ3) is 2.94. The van der Waals surface area contributed by atoms with Gasteiger partial charge >= 0.3 is 0 Å². The standard InChI is InChI=1S/C12H15N3OS/c1-3-16-12-9(2)11(14-8-15-12)13-7-10-5-4-6-17-10/h4-6,8H,3,7H2,1-2H3,(H,13,14,15). The number of anilines is 1. The van der Waals surface area contributed by atoms with Crippen LogP contribution in [0.25, 0.3) is 0 Å². The van der Waals surface area contributed by atoms with Crippen molar-refractivity contribution in [2.75, 3.05) is 11.9 Å². The first-order valence-corrected chi connectivity index (χ1v) is 6.40. The van der Waals surface area contributed by atoms with Gasteiger partial charge in [-0.05, 0) is 25.3 Å². The molecule has 0 aliphatic carbocycles. The van der Waals surface area contributed by atoms with Crippen LogP contribution in [-0.4, -0.2) is 16.6 Å². The molecule has 5 heteroatoms. The number of hydrogen-bond acceptors (Lipinski definition) is 5. The van der Waals surface area contributed by atoms with Crippen molar-refractivity contribution in [1.82, 2.24) is 9.97 Å². The molecule has 0 aliphatic rings. The van der Waals surface area contributed by atoms with Gasteiger partial charge in [-0.3, -0.25) is 0 Å². The molecule has 4 nitrogen and oxygen atoms in total. The van der Waals surface area contributed by atoms with E-state index in [1.807, 2.05) is 19.9 Å². The minimum Gasteiger partial charge on any atom is -0.478 e. The largest absolute Gasteiger partial charge is 0.478 e. The second-order valence-corrected chi connectivity index (χ2v) is 4.55. The van der Waals surface area contributed by atoms with Crippen molar-refractivity contribution < 1.29 is 4.74 Å². The molecule has 2 aromatic rings. The Morgan fingerprint density at radius 3 is 3.00 bits per heavy atom. The first-order valence-electron chi connectivity index (χ1n) is 5.52. The highest BCUT2D eigenvalue weighted by molar-refractivity contribution is 7.09. The number of aromatic nitrogens is 2. The summed E-state index contributed by atoms with van der Waals surface area (Å²) in [5, 5.41) is 5.36. The molecule has 2 rings (SSSR count). The van der Waals surface area contributed by atoms with E-state index in [-0.39, 0.29) is 0 Å². The van der Waals surface area contributed by atoms with Gasteiger partial charge in [0.1, 0.15) is 12.1 Å². The summed E-state index contributed by atoms with van der Waals surface area (Å²) in [7, 11) is 0. The topological polar surface area (TPSA) is 47.0 Å². The average Bonchev–Trinajstić information content (AvgIpc) is 2.83. The first kappa shape index (κ1) is 11.9. The zero-order valence-electron chi connectivity index (χ0n) is 9.93. The molecule has 0 spiro atoms. The van der Waals surface area contributed by atoms with Gasteiger partial charge in [-0.2, -0.15) is 0 Å². The average molecular weight is 249 g/mol. The van der Waals surface area contributed by atoms with E-state index in [0.717, 1.165) is 17.9 Å². The minimum atomic E-state index is 0.613. The fourth-order valence-corrected chi connectivity index (χ4v) is 2.12. The fraction of sp³-hybridized carbons (Fsp3) is 0.333. The number of hydrogen-bond donors (Lipinski definition) is 1. The van der Waals surface area contributed by atoms with Crippen LogP contribution in [0.1, 0.15) is 17.4 Å². The van der Waals surface area contributed by atoms with Gasteiger partial charge in [0, 0.05) is 4.88 Å². The van der Waals surface area contributed by atoms with Gasteiger partial charge < -0.3 is 10.1 Å². The van der Waals surface area contributed by atoms with Crippen molar-refractivity contribution >= 4 is 17.2 Å². The molecule has 0 aliphatic heterocycles. The maximum atomic E-state index is 5.43. The third-order valence-corrected chi connectivity index (χ3v) is 3.21. The second kappa shape index (κ2) is 5.63. The Balaban J connectivity index is 2.07. The predicted molar refractivity (Wildman–Crippen MR) is 69.6 cm³/mol. The van der Waals surface area contributed by atoms with Gasteiger partial charge in [-0.25, -0.2) is 9.97 Å². The van der Waals surface area contributed by atoms with Crippen molar-refractivity contribution in [1.29, 1.82) is 0 Å². The van der Waals surface area contributed by atoms with Crippen LogP contribution in [0.15, 0.2) is 23.8 Å². The molecular weight excluding hydrogens is 234 g/mol. The molecule has 2 heterocycles. The Hall–Kier alpha value is -1.62. The van der Waals surface area contributed by atoms with E-state index in [1.54, 1.807) is 11.3 Å². The minimum absolute atomic E-state index is 0.613. The van der Waals surface area contributed by atoms with Crippen LogP contribution in [0, 0.1) is 6.92 Å². The lowest BCUT2D eigenvalue weighted by Gasteiger charge is -2.10. The lowest BCUT2D eigenvalue weighted by Crippen LogP contribution is -2.05. The Morgan fingerprint density at radius 1 is 1.41 bits per heavy atom. The highest BCUT2D eigenvalue weighted by Gasteiger charge is 2.07. The first-order chi connectivity index (χ1) is 8.31. The van der Waals surface area contributed by atoms with E-state index in [4.69, 9.17) is 4.74 Å². The number of thiophene rings is 1. The molecule has 90 valence electrons. The number of ether oxygens (including phenoxy) is 1. The van der Waals surface area contributed by atoms with Gasteiger partial charge in [0.15, 0.2) is 0 Å². The lowest BCUT2D eigenvalue weighted by molar-refractivity contribution is 0.324. The molecule has 2 aromatic heterocycles. The maximum Gasteiger partial charge on any atom is 0.221 e. The fourth-order valence-electron chi connectivity index (χ4n) is 1.48. The number of nitrogens with one attached hydrogen (secondary N) is 1. The summed E-state index contributed by atoms with van der Waals surface area (Å²) in [6.45, 7) is 5.30. The summed E-state index contributed by atoms with van der Waals surface area (Å²) in [4.78, 5) is 9.60. The molecule has 1 N–H and O–H groups in total. The summed E-state index contributed by atoms with van der Waals surface area (Å²) in [5.74, 6) is 1.48. The van der Waals surface area contributed by atoms with Crippen molar-refractivity contribution in [2.24, 2.45) is 0 Å². The van der Waals surface area contributed by atoms with E-state index >= 15 is 0 Å². The molecule has 17 heavy (non-hydrogen) atoms. The van der Waals surface area contributed by atoms with Crippen LogP contribution < -0.4 is 10.1 Å². The second-order valence-electron chi connectivity index (χ2n) is 3.52. The predicted octanol–water partition coefficient (Wildman–Crippen LogP) is 2.86. The molecule has 0 unspecified atom stereocenters. The quantitative estimate of drug-likeness (QED) is 0.885. The third-order valence-electron chi connectivity index (χ3n) is 2.33. The highest BCUT2D eigenvalue weighted by Crippen LogP contribution is 2.21. The van der Waals surface area contributed by atoms with Crippen LogP contribution in [0.3, 0.4) is 0 Å². The van der Waals surface area contributed by atoms with E-state index in [1.165, 1.54) is 11.2 Å². The summed E-state index contributed by atoms with van der Waals surface area (Å²) in [6, 6.07) is 4.14.